The molecule has 1 unspecified atom stereocenters. The van der Waals surface area contributed by atoms with Crippen molar-refractivity contribution in [2.45, 2.75) is 40.7 Å². The maximum atomic E-state index is 13.7. The van der Waals surface area contributed by atoms with Gasteiger partial charge in [0, 0.05) is 25.3 Å². The summed E-state index contributed by atoms with van der Waals surface area (Å²) in [7, 11) is 0. The lowest BCUT2D eigenvalue weighted by molar-refractivity contribution is 0.546. The molecule has 0 heterocycles. The van der Waals surface area contributed by atoms with E-state index in [0.29, 0.717) is 5.92 Å². The molecule has 0 fully saturated rings. The Hall–Kier alpha value is -1.09. The number of nitrogens with zero attached hydrogens (tertiary/aromatic N) is 1. The van der Waals surface area contributed by atoms with Crippen molar-refractivity contribution in [3.8, 4) is 0 Å². The summed E-state index contributed by atoms with van der Waals surface area (Å²) < 4.78 is 13.7. The van der Waals surface area contributed by atoms with Crippen LogP contribution in [0.1, 0.15) is 39.7 Å². The molecule has 0 aliphatic carbocycles. The standard InChI is InChI=1S/C16H27FN2/c1-5-13(4)12-19(7-3)16-9-14(11-18-6-2)8-15(17)10-16/h8-10,13,18H,5-7,11-12H2,1-4H3. The van der Waals surface area contributed by atoms with Gasteiger partial charge in [-0.15, -0.1) is 0 Å². The number of halogens is 1. The van der Waals surface area contributed by atoms with Gasteiger partial charge in [-0.25, -0.2) is 4.39 Å². The van der Waals surface area contributed by atoms with Gasteiger partial charge < -0.3 is 10.2 Å². The first-order valence-corrected chi connectivity index (χ1v) is 7.35. The van der Waals surface area contributed by atoms with Gasteiger partial charge in [0.05, 0.1) is 0 Å². The molecule has 2 nitrogen and oxygen atoms in total. The Balaban J connectivity index is 2.86. The van der Waals surface area contributed by atoms with E-state index in [1.807, 2.05) is 0 Å². The van der Waals surface area contributed by atoms with Crippen molar-refractivity contribution in [3.05, 3.63) is 29.6 Å². The van der Waals surface area contributed by atoms with Gasteiger partial charge in [0.1, 0.15) is 5.82 Å². The fraction of sp³-hybridized carbons (Fsp3) is 0.625. The molecular weight excluding hydrogens is 239 g/mol. The highest BCUT2D eigenvalue weighted by molar-refractivity contribution is 5.49. The van der Waals surface area contributed by atoms with Gasteiger partial charge in [0.2, 0.25) is 0 Å². The molecule has 0 bridgehead atoms. The average molecular weight is 266 g/mol. The predicted octanol–water partition coefficient (Wildman–Crippen LogP) is 3.81. The topological polar surface area (TPSA) is 15.3 Å². The van der Waals surface area contributed by atoms with Crippen molar-refractivity contribution in [1.29, 1.82) is 0 Å². The molecule has 0 aliphatic rings. The van der Waals surface area contributed by atoms with Crippen LogP contribution in [0.15, 0.2) is 18.2 Å². The van der Waals surface area contributed by atoms with Gasteiger partial charge >= 0.3 is 0 Å². The summed E-state index contributed by atoms with van der Waals surface area (Å²) in [6, 6.07) is 5.35. The van der Waals surface area contributed by atoms with Crippen molar-refractivity contribution in [1.82, 2.24) is 5.32 Å². The lowest BCUT2D eigenvalue weighted by atomic mass is 10.1. The van der Waals surface area contributed by atoms with Gasteiger partial charge in [-0.1, -0.05) is 27.2 Å². The Morgan fingerprint density at radius 1 is 1.21 bits per heavy atom. The van der Waals surface area contributed by atoms with E-state index >= 15 is 0 Å². The van der Waals surface area contributed by atoms with E-state index < -0.39 is 0 Å². The summed E-state index contributed by atoms with van der Waals surface area (Å²) in [6.45, 7) is 12.1. The van der Waals surface area contributed by atoms with E-state index in [-0.39, 0.29) is 5.82 Å². The Kier molecular flexibility index (Phi) is 6.85. The normalized spacial score (nSPS) is 12.5. The van der Waals surface area contributed by atoms with Gasteiger partial charge in [-0.3, -0.25) is 0 Å². The SMILES string of the molecule is CCNCc1cc(F)cc(N(CC)CC(C)CC)c1. The third kappa shape index (κ3) is 5.19. The van der Waals surface area contributed by atoms with Gasteiger partial charge in [0.25, 0.3) is 0 Å². The molecule has 1 N–H and O–H groups in total. The molecule has 1 aromatic carbocycles. The molecule has 0 amide bonds. The van der Waals surface area contributed by atoms with Crippen LogP contribution < -0.4 is 10.2 Å². The summed E-state index contributed by atoms with van der Waals surface area (Å²) in [5.41, 5.74) is 2.01. The summed E-state index contributed by atoms with van der Waals surface area (Å²) in [5.74, 6) is 0.480. The molecule has 3 heteroatoms. The highest BCUT2D eigenvalue weighted by Crippen LogP contribution is 2.20. The molecule has 1 atom stereocenters. The van der Waals surface area contributed by atoms with E-state index in [9.17, 15) is 4.39 Å². The number of hydrogen-bond acceptors (Lipinski definition) is 2. The van der Waals surface area contributed by atoms with E-state index in [2.05, 4.69) is 44.0 Å². The third-order valence-electron chi connectivity index (χ3n) is 3.50. The molecule has 0 spiro atoms. The highest BCUT2D eigenvalue weighted by atomic mass is 19.1. The fourth-order valence-corrected chi connectivity index (χ4v) is 2.11. The van der Waals surface area contributed by atoms with Crippen molar-refractivity contribution >= 4 is 5.69 Å². The third-order valence-corrected chi connectivity index (χ3v) is 3.50. The van der Waals surface area contributed by atoms with E-state index in [4.69, 9.17) is 0 Å². The van der Waals surface area contributed by atoms with E-state index in [0.717, 1.165) is 43.9 Å². The fourth-order valence-electron chi connectivity index (χ4n) is 2.11. The van der Waals surface area contributed by atoms with Crippen LogP contribution in [-0.2, 0) is 6.54 Å². The smallest absolute Gasteiger partial charge is 0.125 e. The first kappa shape index (κ1) is 16.0. The summed E-state index contributed by atoms with van der Waals surface area (Å²) in [5, 5.41) is 3.24. The number of anilines is 1. The van der Waals surface area contributed by atoms with Gasteiger partial charge in [-0.05, 0) is 43.1 Å². The first-order chi connectivity index (χ1) is 9.10. The van der Waals surface area contributed by atoms with E-state index in [1.165, 1.54) is 0 Å². The lowest BCUT2D eigenvalue weighted by Gasteiger charge is -2.26. The average Bonchev–Trinajstić information content (AvgIpc) is 2.41. The Morgan fingerprint density at radius 3 is 2.53 bits per heavy atom. The van der Waals surface area contributed by atoms with Crippen molar-refractivity contribution in [2.24, 2.45) is 5.92 Å². The highest BCUT2D eigenvalue weighted by Gasteiger charge is 2.10. The molecule has 0 aliphatic heterocycles. The molecule has 108 valence electrons. The maximum Gasteiger partial charge on any atom is 0.125 e. The monoisotopic (exact) mass is 266 g/mol. The Labute approximate surface area is 117 Å². The molecule has 0 saturated carbocycles. The zero-order valence-corrected chi connectivity index (χ0v) is 12.7. The molecule has 1 rings (SSSR count). The van der Waals surface area contributed by atoms with Crippen LogP contribution in [0.5, 0.6) is 0 Å². The van der Waals surface area contributed by atoms with Crippen molar-refractivity contribution in [2.75, 3.05) is 24.5 Å². The van der Waals surface area contributed by atoms with Crippen molar-refractivity contribution in [3.63, 3.8) is 0 Å². The number of nitrogens with one attached hydrogen (secondary N) is 1. The summed E-state index contributed by atoms with van der Waals surface area (Å²) >= 11 is 0. The van der Waals surface area contributed by atoms with E-state index in [1.54, 1.807) is 12.1 Å². The number of rotatable bonds is 8. The van der Waals surface area contributed by atoms with Crippen LogP contribution >= 0.6 is 0 Å². The first-order valence-electron chi connectivity index (χ1n) is 7.35. The zero-order chi connectivity index (χ0) is 14.3. The largest absolute Gasteiger partial charge is 0.371 e. The molecule has 1 aromatic rings. The maximum absolute atomic E-state index is 13.7. The van der Waals surface area contributed by atoms with Gasteiger partial charge in [-0.2, -0.15) is 0 Å². The summed E-state index contributed by atoms with van der Waals surface area (Å²) in [6.07, 6.45) is 1.15. The zero-order valence-electron chi connectivity index (χ0n) is 12.7. The quantitative estimate of drug-likeness (QED) is 0.769. The molecular formula is C16H27FN2. The molecule has 0 aromatic heterocycles. The minimum Gasteiger partial charge on any atom is -0.371 e. The van der Waals surface area contributed by atoms with Crippen LogP contribution in [0.4, 0.5) is 10.1 Å². The number of benzene rings is 1. The Bertz CT molecular complexity index is 379. The number of hydrogen-bond donors (Lipinski definition) is 1. The van der Waals surface area contributed by atoms with Crippen molar-refractivity contribution < 1.29 is 4.39 Å². The van der Waals surface area contributed by atoms with Crippen LogP contribution in [0.3, 0.4) is 0 Å². The molecule has 0 radical (unpaired) electrons. The molecule has 19 heavy (non-hydrogen) atoms. The van der Waals surface area contributed by atoms with Crippen LogP contribution in [0.25, 0.3) is 0 Å². The lowest BCUT2D eigenvalue weighted by Crippen LogP contribution is -2.28. The summed E-state index contributed by atoms with van der Waals surface area (Å²) in [4.78, 5) is 2.26. The van der Waals surface area contributed by atoms with Crippen LogP contribution in [0, 0.1) is 11.7 Å². The molecule has 0 saturated heterocycles. The minimum atomic E-state index is -0.145. The second-order valence-electron chi connectivity index (χ2n) is 5.15. The van der Waals surface area contributed by atoms with Crippen LogP contribution in [0.2, 0.25) is 0 Å². The van der Waals surface area contributed by atoms with Gasteiger partial charge in [0.15, 0.2) is 0 Å². The second kappa shape index (κ2) is 8.16. The minimum absolute atomic E-state index is 0.145. The Morgan fingerprint density at radius 2 is 1.95 bits per heavy atom. The van der Waals surface area contributed by atoms with Crippen LogP contribution in [-0.4, -0.2) is 19.6 Å². The predicted molar refractivity (Wildman–Crippen MR) is 81.1 cm³/mol. The second-order valence-corrected chi connectivity index (χ2v) is 5.15.